The SMILES string of the molecule is Cc1ccccc1C(C)Nc1cc(NN)ncn1. The van der Waals surface area contributed by atoms with Crippen LogP contribution in [0.1, 0.15) is 24.1 Å². The molecule has 0 saturated heterocycles. The fourth-order valence-corrected chi connectivity index (χ4v) is 1.89. The second-order valence-corrected chi connectivity index (χ2v) is 4.16. The van der Waals surface area contributed by atoms with Crippen LogP contribution in [0.25, 0.3) is 0 Å². The van der Waals surface area contributed by atoms with Crippen LogP contribution in [0, 0.1) is 6.92 Å². The maximum atomic E-state index is 5.32. The van der Waals surface area contributed by atoms with Crippen molar-refractivity contribution in [3.63, 3.8) is 0 Å². The Bertz CT molecular complexity index is 526. The fraction of sp³-hybridized carbons (Fsp3) is 0.231. The van der Waals surface area contributed by atoms with E-state index in [0.29, 0.717) is 5.82 Å². The molecule has 0 radical (unpaired) electrons. The van der Waals surface area contributed by atoms with Crippen LogP contribution < -0.4 is 16.6 Å². The molecule has 1 atom stereocenters. The number of nitrogen functional groups attached to an aromatic ring is 1. The summed E-state index contributed by atoms with van der Waals surface area (Å²) in [6, 6.07) is 10.2. The van der Waals surface area contributed by atoms with Crippen LogP contribution in [-0.4, -0.2) is 9.97 Å². The number of hydrogen-bond donors (Lipinski definition) is 3. The van der Waals surface area contributed by atoms with Crippen LogP contribution >= 0.6 is 0 Å². The van der Waals surface area contributed by atoms with E-state index in [4.69, 9.17) is 5.84 Å². The molecule has 0 aliphatic rings. The van der Waals surface area contributed by atoms with Gasteiger partial charge in [0.1, 0.15) is 18.0 Å². The molecule has 1 unspecified atom stereocenters. The number of hydrazine groups is 1. The number of aryl methyl sites for hydroxylation is 1. The zero-order chi connectivity index (χ0) is 13.0. The first-order valence-electron chi connectivity index (χ1n) is 5.81. The molecule has 0 spiro atoms. The van der Waals surface area contributed by atoms with Gasteiger partial charge < -0.3 is 10.7 Å². The quantitative estimate of drug-likeness (QED) is 0.567. The van der Waals surface area contributed by atoms with Crippen molar-refractivity contribution in [1.82, 2.24) is 9.97 Å². The minimum Gasteiger partial charge on any atom is -0.363 e. The number of benzene rings is 1. The van der Waals surface area contributed by atoms with Crippen molar-refractivity contribution in [3.8, 4) is 0 Å². The van der Waals surface area contributed by atoms with E-state index in [1.54, 1.807) is 6.07 Å². The molecule has 1 aromatic carbocycles. The van der Waals surface area contributed by atoms with Crippen molar-refractivity contribution in [2.24, 2.45) is 5.84 Å². The molecule has 0 saturated carbocycles. The zero-order valence-corrected chi connectivity index (χ0v) is 10.5. The van der Waals surface area contributed by atoms with Gasteiger partial charge in [-0.15, -0.1) is 0 Å². The molecule has 5 heteroatoms. The third-order valence-corrected chi connectivity index (χ3v) is 2.83. The van der Waals surface area contributed by atoms with Gasteiger partial charge >= 0.3 is 0 Å². The molecular weight excluding hydrogens is 226 g/mol. The first-order valence-corrected chi connectivity index (χ1v) is 5.81. The van der Waals surface area contributed by atoms with Gasteiger partial charge in [0.2, 0.25) is 0 Å². The Balaban J connectivity index is 2.16. The van der Waals surface area contributed by atoms with E-state index < -0.39 is 0 Å². The largest absolute Gasteiger partial charge is 0.363 e. The predicted octanol–water partition coefficient (Wildman–Crippen LogP) is 2.24. The minimum atomic E-state index is 0.173. The van der Waals surface area contributed by atoms with Gasteiger partial charge in [0.05, 0.1) is 6.04 Å². The predicted molar refractivity (Wildman–Crippen MR) is 73.1 cm³/mol. The third kappa shape index (κ3) is 2.75. The lowest BCUT2D eigenvalue weighted by Gasteiger charge is -2.17. The first-order chi connectivity index (χ1) is 8.70. The highest BCUT2D eigenvalue weighted by molar-refractivity contribution is 5.47. The molecule has 2 aromatic rings. The van der Waals surface area contributed by atoms with Crippen LogP contribution in [0.15, 0.2) is 36.7 Å². The van der Waals surface area contributed by atoms with Gasteiger partial charge in [0.15, 0.2) is 0 Å². The van der Waals surface area contributed by atoms with E-state index in [-0.39, 0.29) is 6.04 Å². The standard InChI is InChI=1S/C13H17N5/c1-9-5-3-4-6-11(9)10(2)17-12-7-13(18-14)16-8-15-12/h3-8,10H,14H2,1-2H3,(H2,15,16,17,18). The summed E-state index contributed by atoms with van der Waals surface area (Å²) >= 11 is 0. The van der Waals surface area contributed by atoms with Gasteiger partial charge in [-0.05, 0) is 25.0 Å². The highest BCUT2D eigenvalue weighted by atomic mass is 15.3. The zero-order valence-electron chi connectivity index (χ0n) is 10.5. The molecule has 4 N–H and O–H groups in total. The monoisotopic (exact) mass is 243 g/mol. The van der Waals surface area contributed by atoms with Crippen molar-refractivity contribution in [3.05, 3.63) is 47.8 Å². The summed E-state index contributed by atoms with van der Waals surface area (Å²) in [7, 11) is 0. The maximum absolute atomic E-state index is 5.32. The minimum absolute atomic E-state index is 0.173. The van der Waals surface area contributed by atoms with Gasteiger partial charge in [-0.3, -0.25) is 0 Å². The summed E-state index contributed by atoms with van der Waals surface area (Å²) < 4.78 is 0. The summed E-state index contributed by atoms with van der Waals surface area (Å²) in [6.45, 7) is 4.19. The summed E-state index contributed by atoms with van der Waals surface area (Å²) in [5, 5.41) is 3.33. The van der Waals surface area contributed by atoms with Crippen molar-refractivity contribution < 1.29 is 0 Å². The molecule has 0 aliphatic carbocycles. The number of rotatable bonds is 4. The molecule has 0 bridgehead atoms. The average molecular weight is 243 g/mol. The maximum Gasteiger partial charge on any atom is 0.145 e. The molecular formula is C13H17N5. The molecule has 0 amide bonds. The lowest BCUT2D eigenvalue weighted by Crippen LogP contribution is -2.12. The molecule has 1 aromatic heterocycles. The lowest BCUT2D eigenvalue weighted by molar-refractivity contribution is 0.862. The Labute approximate surface area is 106 Å². The van der Waals surface area contributed by atoms with Gasteiger partial charge in [-0.2, -0.15) is 0 Å². The van der Waals surface area contributed by atoms with Crippen LogP contribution in [-0.2, 0) is 0 Å². The van der Waals surface area contributed by atoms with E-state index in [2.05, 4.69) is 46.7 Å². The Hall–Kier alpha value is -2.14. The normalized spacial score (nSPS) is 11.9. The summed E-state index contributed by atoms with van der Waals surface area (Å²) in [5.41, 5.74) is 5.00. The van der Waals surface area contributed by atoms with Crippen LogP contribution in [0.2, 0.25) is 0 Å². The number of nitrogens with two attached hydrogens (primary N) is 1. The molecule has 0 aliphatic heterocycles. The smallest absolute Gasteiger partial charge is 0.145 e. The van der Waals surface area contributed by atoms with Crippen molar-refractivity contribution in [2.45, 2.75) is 19.9 Å². The van der Waals surface area contributed by atoms with E-state index in [1.807, 2.05) is 12.1 Å². The average Bonchev–Trinajstić information content (AvgIpc) is 2.39. The number of aromatic nitrogens is 2. The van der Waals surface area contributed by atoms with Crippen molar-refractivity contribution >= 4 is 11.6 Å². The second kappa shape index (κ2) is 5.46. The number of hydrogen-bond acceptors (Lipinski definition) is 5. The molecule has 5 nitrogen and oxygen atoms in total. The first kappa shape index (κ1) is 12.3. The Kier molecular flexibility index (Phi) is 3.74. The van der Waals surface area contributed by atoms with E-state index in [9.17, 15) is 0 Å². The summed E-state index contributed by atoms with van der Waals surface area (Å²) in [6.07, 6.45) is 1.47. The molecule has 94 valence electrons. The Morgan fingerprint density at radius 1 is 1.17 bits per heavy atom. The van der Waals surface area contributed by atoms with Gasteiger partial charge in [0, 0.05) is 6.07 Å². The highest BCUT2D eigenvalue weighted by Crippen LogP contribution is 2.21. The van der Waals surface area contributed by atoms with Gasteiger partial charge in [-0.25, -0.2) is 15.8 Å². The summed E-state index contributed by atoms with van der Waals surface area (Å²) in [5.74, 6) is 6.65. The molecule has 18 heavy (non-hydrogen) atoms. The fourth-order valence-electron chi connectivity index (χ4n) is 1.89. The van der Waals surface area contributed by atoms with Gasteiger partial charge in [-0.1, -0.05) is 24.3 Å². The van der Waals surface area contributed by atoms with Crippen LogP contribution in [0.5, 0.6) is 0 Å². The van der Waals surface area contributed by atoms with Crippen molar-refractivity contribution in [2.75, 3.05) is 10.7 Å². The number of nitrogens with zero attached hydrogens (tertiary/aromatic N) is 2. The Morgan fingerprint density at radius 2 is 1.89 bits per heavy atom. The topological polar surface area (TPSA) is 75.9 Å². The van der Waals surface area contributed by atoms with Gasteiger partial charge in [0.25, 0.3) is 0 Å². The summed E-state index contributed by atoms with van der Waals surface area (Å²) in [4.78, 5) is 8.13. The van der Waals surface area contributed by atoms with E-state index in [0.717, 1.165) is 5.82 Å². The third-order valence-electron chi connectivity index (χ3n) is 2.83. The lowest BCUT2D eigenvalue weighted by atomic mass is 10.0. The van der Waals surface area contributed by atoms with E-state index in [1.165, 1.54) is 17.5 Å². The molecule has 2 rings (SSSR count). The van der Waals surface area contributed by atoms with Crippen LogP contribution in [0.4, 0.5) is 11.6 Å². The van der Waals surface area contributed by atoms with E-state index >= 15 is 0 Å². The highest BCUT2D eigenvalue weighted by Gasteiger charge is 2.08. The van der Waals surface area contributed by atoms with Crippen molar-refractivity contribution in [1.29, 1.82) is 0 Å². The number of anilines is 2. The number of nitrogens with one attached hydrogen (secondary N) is 2. The Morgan fingerprint density at radius 3 is 2.61 bits per heavy atom. The molecule has 0 fully saturated rings. The second-order valence-electron chi connectivity index (χ2n) is 4.16. The molecule has 1 heterocycles. The van der Waals surface area contributed by atoms with Crippen LogP contribution in [0.3, 0.4) is 0 Å².